The summed E-state index contributed by atoms with van der Waals surface area (Å²) in [5, 5.41) is 8.22. The Hall–Kier alpha value is -2.59. The number of methoxy groups -OCH3 is 1. The minimum Gasteiger partial charge on any atom is -0.497 e. The molecule has 0 fully saturated rings. The smallest absolute Gasteiger partial charge is 0.276 e. The minimum atomic E-state index is -3.67. The lowest BCUT2D eigenvalue weighted by Crippen LogP contribution is -2.38. The van der Waals surface area contributed by atoms with Crippen LogP contribution in [0.4, 0.5) is 0 Å². The van der Waals surface area contributed by atoms with Gasteiger partial charge in [-0.3, -0.25) is 19.7 Å². The standard InChI is InChI=1S/C13H16N4O2.CH4O3S/c1-7-4-8(19-3)5-10-9(7)6-11(16-10)12(18)17(2)13(14)15;1-5(2,3)4/h4-6,16H,1-3H3,(H3,14,15);1H3,(H,2,3,4). The SMILES string of the molecule is COc1cc(C)c2cc(C(=O)N(C)C(=N)N)[nH]c2c1.CS(=O)(=O)O. The molecule has 1 heterocycles. The largest absolute Gasteiger partial charge is 0.497 e. The number of carbonyl (C=O) groups excluding carboxylic acids is 1. The normalized spacial score (nSPS) is 10.7. The number of aryl methyl sites for hydroxylation is 1. The van der Waals surface area contributed by atoms with Crippen LogP contribution in [0.3, 0.4) is 0 Å². The average Bonchev–Trinajstić information content (AvgIpc) is 2.88. The minimum absolute atomic E-state index is 0.294. The maximum atomic E-state index is 12.1. The van der Waals surface area contributed by atoms with Gasteiger partial charge in [-0.2, -0.15) is 8.42 Å². The highest BCUT2D eigenvalue weighted by atomic mass is 32.2. The molecule has 2 aromatic rings. The van der Waals surface area contributed by atoms with Gasteiger partial charge in [-0.15, -0.1) is 0 Å². The fourth-order valence-electron chi connectivity index (χ4n) is 1.91. The number of hydrogen-bond donors (Lipinski definition) is 4. The van der Waals surface area contributed by atoms with E-state index in [1.165, 1.54) is 7.05 Å². The molecule has 0 spiro atoms. The third-order valence-corrected chi connectivity index (χ3v) is 3.05. The molecule has 1 aromatic carbocycles. The number of nitrogens with two attached hydrogens (primary N) is 1. The Bertz CT molecular complexity index is 865. The van der Waals surface area contributed by atoms with E-state index >= 15 is 0 Å². The van der Waals surface area contributed by atoms with Crippen molar-refractivity contribution >= 4 is 32.9 Å². The number of carbonyl (C=O) groups is 1. The van der Waals surface area contributed by atoms with E-state index in [-0.39, 0.29) is 11.9 Å². The molecule has 10 heteroatoms. The molecule has 1 amide bonds. The van der Waals surface area contributed by atoms with Gasteiger partial charge in [0.15, 0.2) is 5.96 Å². The lowest BCUT2D eigenvalue weighted by molar-refractivity contribution is 0.0864. The van der Waals surface area contributed by atoms with Crippen molar-refractivity contribution in [2.45, 2.75) is 6.92 Å². The number of nitrogens with zero attached hydrogens (tertiary/aromatic N) is 1. The highest BCUT2D eigenvalue weighted by Gasteiger charge is 2.17. The Kier molecular flexibility index (Phi) is 5.93. The number of nitrogens with one attached hydrogen (secondary N) is 2. The van der Waals surface area contributed by atoms with Crippen LogP contribution in [-0.2, 0) is 10.1 Å². The highest BCUT2D eigenvalue weighted by molar-refractivity contribution is 7.85. The van der Waals surface area contributed by atoms with Gasteiger partial charge in [0.2, 0.25) is 0 Å². The molecule has 1 aromatic heterocycles. The summed E-state index contributed by atoms with van der Waals surface area (Å²) in [6.45, 7) is 1.95. The molecule has 5 N–H and O–H groups in total. The number of fused-ring (bicyclic) bond motifs is 1. The maximum Gasteiger partial charge on any atom is 0.276 e. The van der Waals surface area contributed by atoms with E-state index in [9.17, 15) is 13.2 Å². The van der Waals surface area contributed by atoms with E-state index in [0.717, 1.165) is 27.1 Å². The second-order valence-electron chi connectivity index (χ2n) is 5.07. The first-order chi connectivity index (χ1) is 10.9. The number of hydrogen-bond acceptors (Lipinski definition) is 5. The summed E-state index contributed by atoms with van der Waals surface area (Å²) in [5.74, 6) is 0.0887. The first-order valence-electron chi connectivity index (χ1n) is 6.66. The number of ether oxygens (including phenoxy) is 1. The quantitative estimate of drug-likeness (QED) is 0.357. The van der Waals surface area contributed by atoms with E-state index in [0.29, 0.717) is 11.9 Å². The van der Waals surface area contributed by atoms with Crippen LogP contribution in [0, 0.1) is 12.3 Å². The van der Waals surface area contributed by atoms with Crippen LogP contribution in [0.15, 0.2) is 18.2 Å². The summed E-state index contributed by atoms with van der Waals surface area (Å²) in [5.41, 5.74) is 7.52. The summed E-state index contributed by atoms with van der Waals surface area (Å²) in [7, 11) is -0.608. The zero-order valence-electron chi connectivity index (χ0n) is 13.7. The van der Waals surface area contributed by atoms with Crippen LogP contribution in [-0.4, -0.2) is 55.1 Å². The van der Waals surface area contributed by atoms with Crippen LogP contribution in [0.25, 0.3) is 10.9 Å². The molecular weight excluding hydrogens is 336 g/mol. The Morgan fingerprint density at radius 2 is 1.92 bits per heavy atom. The molecule has 132 valence electrons. The van der Waals surface area contributed by atoms with Crippen molar-refractivity contribution in [2.75, 3.05) is 20.4 Å². The lowest BCUT2D eigenvalue weighted by Gasteiger charge is -2.12. The van der Waals surface area contributed by atoms with E-state index in [4.69, 9.17) is 20.4 Å². The van der Waals surface area contributed by atoms with E-state index in [1.54, 1.807) is 13.2 Å². The first kappa shape index (κ1) is 19.5. The van der Waals surface area contributed by atoms with Gasteiger partial charge in [0, 0.05) is 24.0 Å². The summed E-state index contributed by atoms with van der Waals surface area (Å²) >= 11 is 0. The van der Waals surface area contributed by atoms with Crippen LogP contribution in [0.2, 0.25) is 0 Å². The molecular formula is C14H20N4O5S. The van der Waals surface area contributed by atoms with Gasteiger partial charge in [0.1, 0.15) is 11.4 Å². The second-order valence-corrected chi connectivity index (χ2v) is 6.54. The number of amides is 1. The third kappa shape index (κ3) is 5.25. The van der Waals surface area contributed by atoms with Gasteiger partial charge >= 0.3 is 0 Å². The molecule has 0 atom stereocenters. The third-order valence-electron chi connectivity index (χ3n) is 3.05. The Morgan fingerprint density at radius 1 is 1.38 bits per heavy atom. The monoisotopic (exact) mass is 356 g/mol. The number of guanidine groups is 1. The van der Waals surface area contributed by atoms with Crippen molar-refractivity contribution in [3.05, 3.63) is 29.5 Å². The van der Waals surface area contributed by atoms with E-state index in [1.807, 2.05) is 19.1 Å². The van der Waals surface area contributed by atoms with Crippen molar-refractivity contribution in [3.8, 4) is 5.75 Å². The summed E-state index contributed by atoms with van der Waals surface area (Å²) in [6, 6.07) is 5.48. The van der Waals surface area contributed by atoms with Gasteiger partial charge < -0.3 is 15.5 Å². The molecule has 0 saturated carbocycles. The number of rotatable bonds is 2. The number of benzene rings is 1. The zero-order valence-corrected chi connectivity index (χ0v) is 14.6. The molecule has 0 radical (unpaired) electrons. The number of H-pyrrole nitrogens is 1. The van der Waals surface area contributed by atoms with Gasteiger partial charge in [0.05, 0.1) is 13.4 Å². The zero-order chi connectivity index (χ0) is 18.7. The lowest BCUT2D eigenvalue weighted by atomic mass is 10.1. The van der Waals surface area contributed by atoms with Crippen molar-refractivity contribution in [2.24, 2.45) is 5.73 Å². The van der Waals surface area contributed by atoms with Crippen LogP contribution in [0.5, 0.6) is 5.75 Å². The predicted octanol–water partition coefficient (Wildman–Crippen LogP) is 0.954. The Labute approximate surface area is 139 Å². The Balaban J connectivity index is 0.000000505. The Morgan fingerprint density at radius 3 is 2.38 bits per heavy atom. The molecule has 0 aliphatic rings. The summed E-state index contributed by atoms with van der Waals surface area (Å²) in [4.78, 5) is 16.2. The van der Waals surface area contributed by atoms with Gasteiger partial charge in [-0.1, -0.05) is 0 Å². The van der Waals surface area contributed by atoms with Crippen molar-refractivity contribution < 1.29 is 22.5 Å². The molecule has 2 rings (SSSR count). The van der Waals surface area contributed by atoms with Crippen LogP contribution in [0.1, 0.15) is 16.1 Å². The molecule has 0 saturated heterocycles. The fraction of sp³-hybridized carbons (Fsp3) is 0.286. The van der Waals surface area contributed by atoms with Crippen LogP contribution < -0.4 is 10.5 Å². The van der Waals surface area contributed by atoms with Gasteiger partial charge in [-0.05, 0) is 24.6 Å². The number of aromatic amines is 1. The van der Waals surface area contributed by atoms with Crippen LogP contribution >= 0.6 is 0 Å². The van der Waals surface area contributed by atoms with Gasteiger partial charge in [0.25, 0.3) is 16.0 Å². The molecule has 24 heavy (non-hydrogen) atoms. The van der Waals surface area contributed by atoms with E-state index in [2.05, 4.69) is 4.98 Å². The molecule has 0 unspecified atom stereocenters. The second kappa shape index (κ2) is 7.32. The molecule has 0 aliphatic heterocycles. The average molecular weight is 356 g/mol. The van der Waals surface area contributed by atoms with Crippen molar-refractivity contribution in [3.63, 3.8) is 0 Å². The molecule has 9 nitrogen and oxygen atoms in total. The predicted molar refractivity (Wildman–Crippen MR) is 91.1 cm³/mol. The van der Waals surface area contributed by atoms with Crippen molar-refractivity contribution in [1.29, 1.82) is 5.41 Å². The number of aromatic nitrogens is 1. The molecule has 0 bridgehead atoms. The van der Waals surface area contributed by atoms with Gasteiger partial charge in [-0.25, -0.2) is 0 Å². The summed E-state index contributed by atoms with van der Waals surface area (Å²) in [6.07, 6.45) is 0.715. The van der Waals surface area contributed by atoms with Crippen molar-refractivity contribution in [1.82, 2.24) is 9.88 Å². The highest BCUT2D eigenvalue weighted by Crippen LogP contribution is 2.25. The summed E-state index contributed by atoms with van der Waals surface area (Å²) < 4.78 is 31.1. The van der Waals surface area contributed by atoms with E-state index < -0.39 is 10.1 Å². The molecule has 0 aliphatic carbocycles. The fourth-order valence-corrected chi connectivity index (χ4v) is 1.91. The maximum absolute atomic E-state index is 12.1. The topological polar surface area (TPSA) is 150 Å². The first-order valence-corrected chi connectivity index (χ1v) is 8.50.